The Balaban J connectivity index is 2.03. The lowest BCUT2D eigenvalue weighted by Crippen LogP contribution is -2.28. The van der Waals surface area contributed by atoms with Gasteiger partial charge in [-0.15, -0.1) is 0 Å². The van der Waals surface area contributed by atoms with E-state index in [0.717, 1.165) is 11.2 Å². The van der Waals surface area contributed by atoms with Crippen molar-refractivity contribution < 1.29 is 9.90 Å². The normalized spacial score (nSPS) is 13.4. The van der Waals surface area contributed by atoms with Crippen LogP contribution < -0.4 is 5.32 Å². The predicted molar refractivity (Wildman–Crippen MR) is 87.4 cm³/mol. The summed E-state index contributed by atoms with van der Waals surface area (Å²) in [5, 5.41) is 21.6. The Morgan fingerprint density at radius 1 is 1.48 bits per heavy atom. The van der Waals surface area contributed by atoms with Crippen molar-refractivity contribution in [3.8, 4) is 6.07 Å². The molecule has 1 aliphatic rings. The van der Waals surface area contributed by atoms with Crippen molar-refractivity contribution in [1.29, 1.82) is 5.26 Å². The second-order valence-corrected chi connectivity index (χ2v) is 6.07. The van der Waals surface area contributed by atoms with Gasteiger partial charge in [-0.3, -0.25) is 14.7 Å². The number of carbonyl (C=O) groups is 1. The molecule has 0 saturated heterocycles. The molecule has 3 rings (SSSR count). The fraction of sp³-hybridized carbons (Fsp3) is 0.235. The largest absolute Gasteiger partial charge is 0.390 e. The van der Waals surface area contributed by atoms with Crippen molar-refractivity contribution in [2.24, 2.45) is 0 Å². The van der Waals surface area contributed by atoms with Gasteiger partial charge in [0.2, 0.25) is 11.9 Å². The minimum Gasteiger partial charge on any atom is -0.390 e. The number of carbonyl (C=O) groups excluding carboxylic acids is 1. The number of aromatic nitrogens is 2. The molecule has 0 bridgehead atoms. The van der Waals surface area contributed by atoms with Gasteiger partial charge in [-0.25, -0.2) is 4.98 Å². The van der Waals surface area contributed by atoms with Gasteiger partial charge in [0.05, 0.1) is 34.7 Å². The topological polar surface area (TPSA) is 90.9 Å². The summed E-state index contributed by atoms with van der Waals surface area (Å²) in [5.74, 6) is 0.0541. The van der Waals surface area contributed by atoms with Crippen LogP contribution in [0.15, 0.2) is 36.4 Å². The Bertz CT molecular complexity index is 892. The van der Waals surface area contributed by atoms with Crippen molar-refractivity contribution in [2.75, 3.05) is 5.32 Å². The molecule has 6 heteroatoms. The zero-order chi connectivity index (χ0) is 16.6. The third kappa shape index (κ3) is 3.00. The first kappa shape index (κ1) is 15.0. The average molecular weight is 308 g/mol. The third-order valence-electron chi connectivity index (χ3n) is 3.42. The number of anilines is 1. The van der Waals surface area contributed by atoms with Gasteiger partial charge in [0, 0.05) is 5.70 Å². The summed E-state index contributed by atoms with van der Waals surface area (Å²) in [6.45, 7) is 3.15. The van der Waals surface area contributed by atoms with Gasteiger partial charge in [-0.1, -0.05) is 6.08 Å². The molecule has 2 aromatic rings. The lowest BCUT2D eigenvalue weighted by Gasteiger charge is -2.17. The second kappa shape index (κ2) is 5.38. The number of aliphatic hydroxyl groups is 1. The lowest BCUT2D eigenvalue weighted by atomic mass is 10.1. The number of hydrogen-bond acceptors (Lipinski definition) is 4. The molecule has 1 aromatic carbocycles. The summed E-state index contributed by atoms with van der Waals surface area (Å²) in [6, 6.07) is 7.28. The van der Waals surface area contributed by atoms with E-state index in [-0.39, 0.29) is 12.3 Å². The number of allylic oxidation sites excluding steroid dienone is 4. The minimum absolute atomic E-state index is 0.0332. The van der Waals surface area contributed by atoms with Crippen LogP contribution >= 0.6 is 0 Å². The van der Waals surface area contributed by atoms with Crippen LogP contribution in [-0.2, 0) is 4.79 Å². The minimum atomic E-state index is -1.09. The van der Waals surface area contributed by atoms with E-state index in [9.17, 15) is 9.90 Å². The van der Waals surface area contributed by atoms with E-state index in [0.29, 0.717) is 17.0 Å². The fourth-order valence-corrected chi connectivity index (χ4v) is 2.38. The van der Waals surface area contributed by atoms with E-state index in [2.05, 4.69) is 16.4 Å². The summed E-state index contributed by atoms with van der Waals surface area (Å²) in [6.07, 6.45) is 5.64. The van der Waals surface area contributed by atoms with Crippen molar-refractivity contribution in [1.82, 2.24) is 9.55 Å². The smallest absolute Gasteiger partial charge is 0.229 e. The van der Waals surface area contributed by atoms with Crippen molar-refractivity contribution in [3.63, 3.8) is 0 Å². The highest BCUT2D eigenvalue weighted by Crippen LogP contribution is 2.28. The Morgan fingerprint density at radius 3 is 2.78 bits per heavy atom. The van der Waals surface area contributed by atoms with Crippen molar-refractivity contribution in [2.45, 2.75) is 25.9 Å². The Hall–Kier alpha value is -2.91. The molecule has 1 aliphatic carbocycles. The number of rotatable bonds is 4. The molecule has 116 valence electrons. The average Bonchev–Trinajstić information content (AvgIpc) is 2.72. The summed E-state index contributed by atoms with van der Waals surface area (Å²) in [7, 11) is 0. The number of fused-ring (bicyclic) bond motifs is 1. The van der Waals surface area contributed by atoms with Crippen LogP contribution in [0.5, 0.6) is 0 Å². The van der Waals surface area contributed by atoms with Gasteiger partial charge in [0.1, 0.15) is 0 Å². The Morgan fingerprint density at radius 2 is 2.22 bits per heavy atom. The fourth-order valence-electron chi connectivity index (χ4n) is 2.38. The number of amides is 1. The summed E-state index contributed by atoms with van der Waals surface area (Å²) in [4.78, 5) is 16.5. The molecule has 6 nitrogen and oxygen atoms in total. The number of nitrogens with one attached hydrogen (secondary N) is 1. The first-order chi connectivity index (χ1) is 10.9. The second-order valence-electron chi connectivity index (χ2n) is 6.07. The van der Waals surface area contributed by atoms with Gasteiger partial charge >= 0.3 is 0 Å². The van der Waals surface area contributed by atoms with Gasteiger partial charge in [-0.05, 0) is 44.2 Å². The number of nitriles is 1. The van der Waals surface area contributed by atoms with Crippen LogP contribution in [0.3, 0.4) is 0 Å². The summed E-state index contributed by atoms with van der Waals surface area (Å²) < 4.78 is 1.79. The molecule has 1 heterocycles. The number of imidazole rings is 1. The van der Waals surface area contributed by atoms with Crippen molar-refractivity contribution >= 4 is 28.6 Å². The summed E-state index contributed by atoms with van der Waals surface area (Å²) in [5.41, 5.74) is 1.74. The molecule has 0 unspecified atom stereocenters. The molecule has 23 heavy (non-hydrogen) atoms. The zero-order valence-corrected chi connectivity index (χ0v) is 12.9. The zero-order valence-electron chi connectivity index (χ0n) is 12.9. The van der Waals surface area contributed by atoms with Crippen LogP contribution in [0.1, 0.15) is 25.8 Å². The molecule has 0 atom stereocenters. The van der Waals surface area contributed by atoms with Crippen LogP contribution in [0.25, 0.3) is 16.7 Å². The van der Waals surface area contributed by atoms with E-state index in [1.807, 2.05) is 18.2 Å². The van der Waals surface area contributed by atoms with Crippen LogP contribution in [0, 0.1) is 11.3 Å². The molecule has 1 amide bonds. The molecule has 2 N–H and O–H groups in total. The van der Waals surface area contributed by atoms with Gasteiger partial charge in [0.15, 0.2) is 0 Å². The molecular formula is C17H16N4O2. The maximum Gasteiger partial charge on any atom is 0.229 e. The van der Waals surface area contributed by atoms with Crippen LogP contribution in [-0.4, -0.2) is 26.2 Å². The maximum absolute atomic E-state index is 12.1. The van der Waals surface area contributed by atoms with Crippen LogP contribution in [0.2, 0.25) is 0 Å². The molecule has 0 aliphatic heterocycles. The molecule has 0 radical (unpaired) electrons. The highest BCUT2D eigenvalue weighted by atomic mass is 16.3. The third-order valence-corrected chi connectivity index (χ3v) is 3.42. The van der Waals surface area contributed by atoms with E-state index >= 15 is 0 Å². The number of hydrogen-bond donors (Lipinski definition) is 2. The summed E-state index contributed by atoms with van der Waals surface area (Å²) >= 11 is 0. The SMILES string of the molecule is CC(C)(O)CC(=O)Nc1nc2ccc(C#N)cc2n1C1=CC=C1. The molecule has 0 spiro atoms. The first-order valence-electron chi connectivity index (χ1n) is 7.21. The Kier molecular flexibility index (Phi) is 3.51. The highest BCUT2D eigenvalue weighted by molar-refractivity contribution is 5.95. The van der Waals surface area contributed by atoms with Crippen molar-refractivity contribution in [3.05, 3.63) is 42.0 Å². The highest BCUT2D eigenvalue weighted by Gasteiger charge is 2.21. The first-order valence-corrected chi connectivity index (χ1v) is 7.21. The lowest BCUT2D eigenvalue weighted by molar-refractivity contribution is -0.119. The van der Waals surface area contributed by atoms with Gasteiger partial charge in [0.25, 0.3) is 0 Å². The van der Waals surface area contributed by atoms with E-state index in [1.54, 1.807) is 36.6 Å². The van der Waals surface area contributed by atoms with Crippen LogP contribution in [0.4, 0.5) is 5.95 Å². The maximum atomic E-state index is 12.1. The molecule has 0 fully saturated rings. The van der Waals surface area contributed by atoms with E-state index in [4.69, 9.17) is 5.26 Å². The quantitative estimate of drug-likeness (QED) is 0.907. The van der Waals surface area contributed by atoms with Gasteiger partial charge in [-0.2, -0.15) is 5.26 Å². The van der Waals surface area contributed by atoms with E-state index < -0.39 is 5.60 Å². The van der Waals surface area contributed by atoms with Gasteiger partial charge < -0.3 is 5.11 Å². The predicted octanol–water partition coefficient (Wildman–Crippen LogP) is 2.42. The monoisotopic (exact) mass is 308 g/mol. The molecule has 1 aromatic heterocycles. The standard InChI is InChI=1S/C17H16N4O2/c1-17(2,23)9-15(22)20-16-19-13-7-6-11(10-18)8-14(13)21(16)12-4-3-5-12/h3-8,23H,9H2,1-2H3,(H,19,20,22). The van der Waals surface area contributed by atoms with E-state index in [1.165, 1.54) is 0 Å². The number of nitrogens with zero attached hydrogens (tertiary/aromatic N) is 3. The number of benzene rings is 1. The molecule has 0 saturated carbocycles. The Labute approximate surface area is 133 Å². The molecular weight excluding hydrogens is 292 g/mol.